The number of rotatable bonds is 5. The minimum absolute atomic E-state index is 0.0213. The van der Waals surface area contributed by atoms with Gasteiger partial charge in [0.05, 0.1) is 10.4 Å². The molecule has 10 nitrogen and oxygen atoms in total. The van der Waals surface area contributed by atoms with Gasteiger partial charge in [-0.3, -0.25) is 24.3 Å². The normalized spacial score (nSPS) is 20.8. The van der Waals surface area contributed by atoms with E-state index in [1.54, 1.807) is 23.6 Å². The number of hydrogen-bond donors (Lipinski definition) is 1. The Balaban J connectivity index is 1.13. The van der Waals surface area contributed by atoms with Gasteiger partial charge in [0.15, 0.2) is 0 Å². The second-order valence-electron chi connectivity index (χ2n) is 9.31. The molecule has 0 spiro atoms. The Kier molecular flexibility index (Phi) is 6.42. The molecule has 0 bridgehead atoms. The highest BCUT2D eigenvalue weighted by atomic mass is 32.1. The van der Waals surface area contributed by atoms with Crippen LogP contribution in [0, 0.1) is 22.0 Å². The molecule has 1 saturated heterocycles. The van der Waals surface area contributed by atoms with Crippen LogP contribution in [0.1, 0.15) is 25.7 Å². The molecule has 11 heteroatoms. The Morgan fingerprint density at radius 1 is 1.03 bits per heavy atom. The van der Waals surface area contributed by atoms with Crippen LogP contribution in [0.4, 0.5) is 11.4 Å². The van der Waals surface area contributed by atoms with E-state index in [0.717, 1.165) is 31.4 Å². The molecule has 1 amide bonds. The number of carbonyl (C=O) groups excluding carboxylic acids is 1. The molecule has 35 heavy (non-hydrogen) atoms. The summed E-state index contributed by atoms with van der Waals surface area (Å²) >= 11 is 1.34. The number of nitro benzene ring substituents is 1. The highest BCUT2D eigenvalue weighted by molar-refractivity contribution is 7.17. The minimum atomic E-state index is -0.409. The summed E-state index contributed by atoms with van der Waals surface area (Å²) in [5, 5.41) is 12.7. The van der Waals surface area contributed by atoms with E-state index in [1.165, 1.54) is 28.0 Å². The van der Waals surface area contributed by atoms with Gasteiger partial charge in [0.2, 0.25) is 5.91 Å². The number of amides is 1. The summed E-state index contributed by atoms with van der Waals surface area (Å²) in [6.07, 6.45) is 3.15. The first-order valence-electron chi connectivity index (χ1n) is 11.9. The van der Waals surface area contributed by atoms with Crippen molar-refractivity contribution in [2.24, 2.45) is 11.8 Å². The Labute approximate surface area is 204 Å². The Hall–Kier alpha value is -3.47. The molecule has 3 heterocycles. The summed E-state index contributed by atoms with van der Waals surface area (Å²) in [6.45, 7) is 3.02. The maximum absolute atomic E-state index is 13.1. The first-order chi connectivity index (χ1) is 16.9. The van der Waals surface area contributed by atoms with Crippen molar-refractivity contribution in [1.82, 2.24) is 14.5 Å². The molecular formula is C24H27N5O5S. The topological polar surface area (TPSA) is 122 Å². The molecule has 3 aromatic rings. The number of benzene rings is 1. The third-order valence-electron chi connectivity index (χ3n) is 7.25. The zero-order chi connectivity index (χ0) is 24.5. The number of nitrogens with one attached hydrogen (secondary N) is 1. The standard InChI is InChI=1S/C24H27N5O5S/c30-22(27-12-10-26(11-13-27)18-5-7-19(8-6-18)29(33)34)17-3-1-16(2-4-17)15-28-23(31)21-20(9-14-35-21)25-24(28)32/h5-9,14,16-17H,1-4,10-13,15H2,(H,25,32). The van der Waals surface area contributed by atoms with Crippen molar-refractivity contribution in [1.29, 1.82) is 0 Å². The number of thiophene rings is 1. The quantitative estimate of drug-likeness (QED) is 0.427. The molecule has 2 aromatic heterocycles. The second-order valence-corrected chi connectivity index (χ2v) is 10.2. The van der Waals surface area contributed by atoms with Crippen molar-refractivity contribution in [3.8, 4) is 0 Å². The first-order valence-corrected chi connectivity index (χ1v) is 12.8. The summed E-state index contributed by atoms with van der Waals surface area (Å²) in [4.78, 5) is 55.5. The molecule has 0 atom stereocenters. The van der Waals surface area contributed by atoms with Crippen LogP contribution in [0.5, 0.6) is 0 Å². The monoisotopic (exact) mass is 497 g/mol. The molecule has 1 N–H and O–H groups in total. The fourth-order valence-electron chi connectivity index (χ4n) is 5.22. The number of nitrogens with zero attached hydrogens (tertiary/aromatic N) is 4. The van der Waals surface area contributed by atoms with E-state index >= 15 is 0 Å². The molecule has 0 unspecified atom stereocenters. The van der Waals surface area contributed by atoms with Gasteiger partial charge in [-0.15, -0.1) is 11.3 Å². The summed E-state index contributed by atoms with van der Waals surface area (Å²) in [7, 11) is 0. The minimum Gasteiger partial charge on any atom is -0.368 e. The predicted molar refractivity (Wildman–Crippen MR) is 134 cm³/mol. The van der Waals surface area contributed by atoms with E-state index in [2.05, 4.69) is 9.88 Å². The summed E-state index contributed by atoms with van der Waals surface area (Å²) in [6, 6.07) is 8.26. The molecule has 2 aliphatic rings. The maximum atomic E-state index is 13.1. The molecule has 1 aromatic carbocycles. The van der Waals surface area contributed by atoms with Gasteiger partial charge in [-0.1, -0.05) is 0 Å². The van der Waals surface area contributed by atoms with E-state index in [4.69, 9.17) is 0 Å². The van der Waals surface area contributed by atoms with E-state index in [-0.39, 0.29) is 34.7 Å². The van der Waals surface area contributed by atoms with Crippen LogP contribution < -0.4 is 16.1 Å². The van der Waals surface area contributed by atoms with Crippen LogP contribution in [0.2, 0.25) is 0 Å². The van der Waals surface area contributed by atoms with Gasteiger partial charge in [0, 0.05) is 56.5 Å². The van der Waals surface area contributed by atoms with Crippen molar-refractivity contribution in [3.63, 3.8) is 0 Å². The van der Waals surface area contributed by atoms with Crippen molar-refractivity contribution < 1.29 is 9.72 Å². The number of non-ortho nitro benzene ring substituents is 1. The number of piperazine rings is 1. The average molecular weight is 498 g/mol. The van der Waals surface area contributed by atoms with Gasteiger partial charge in [0.1, 0.15) is 4.70 Å². The number of nitro groups is 1. The largest absolute Gasteiger partial charge is 0.368 e. The van der Waals surface area contributed by atoms with Crippen molar-refractivity contribution in [2.45, 2.75) is 32.2 Å². The van der Waals surface area contributed by atoms with Gasteiger partial charge < -0.3 is 14.8 Å². The van der Waals surface area contributed by atoms with Gasteiger partial charge in [0.25, 0.3) is 11.2 Å². The molecule has 184 valence electrons. The number of fused-ring (bicyclic) bond motifs is 1. The predicted octanol–water partition coefficient (Wildman–Crippen LogP) is 2.81. The SMILES string of the molecule is O=C(C1CCC(Cn2c(=O)[nH]c3ccsc3c2=O)CC1)N1CCN(c2ccc([N+](=O)[O-])cc2)CC1. The van der Waals surface area contributed by atoms with Crippen molar-refractivity contribution in [2.75, 3.05) is 31.1 Å². The van der Waals surface area contributed by atoms with E-state index in [1.807, 2.05) is 4.90 Å². The zero-order valence-electron chi connectivity index (χ0n) is 19.2. The third-order valence-corrected chi connectivity index (χ3v) is 8.15. The summed E-state index contributed by atoms with van der Waals surface area (Å²) < 4.78 is 1.88. The fourth-order valence-corrected chi connectivity index (χ4v) is 6.01. The molecule has 5 rings (SSSR count). The molecule has 1 saturated carbocycles. The van der Waals surface area contributed by atoms with Gasteiger partial charge in [-0.05, 0) is 55.2 Å². The van der Waals surface area contributed by atoms with Gasteiger partial charge >= 0.3 is 5.69 Å². The number of H-pyrrole nitrogens is 1. The maximum Gasteiger partial charge on any atom is 0.328 e. The first kappa shape index (κ1) is 23.3. The lowest BCUT2D eigenvalue weighted by molar-refractivity contribution is -0.384. The second kappa shape index (κ2) is 9.65. The number of aromatic nitrogens is 2. The molecule has 0 radical (unpaired) electrons. The van der Waals surface area contributed by atoms with Gasteiger partial charge in [-0.2, -0.15) is 0 Å². The number of aromatic amines is 1. The molecule has 1 aliphatic heterocycles. The van der Waals surface area contributed by atoms with E-state index in [0.29, 0.717) is 42.9 Å². The number of anilines is 1. The average Bonchev–Trinajstić information content (AvgIpc) is 3.35. The Morgan fingerprint density at radius 2 is 1.71 bits per heavy atom. The van der Waals surface area contributed by atoms with Crippen LogP contribution in [0.25, 0.3) is 10.2 Å². The third kappa shape index (κ3) is 4.72. The van der Waals surface area contributed by atoms with E-state index in [9.17, 15) is 24.5 Å². The molecule has 1 aliphatic carbocycles. The van der Waals surface area contributed by atoms with Crippen LogP contribution in [0.15, 0.2) is 45.3 Å². The smallest absolute Gasteiger partial charge is 0.328 e. The van der Waals surface area contributed by atoms with Crippen LogP contribution in [-0.4, -0.2) is 51.5 Å². The zero-order valence-corrected chi connectivity index (χ0v) is 20.0. The summed E-state index contributed by atoms with van der Waals surface area (Å²) in [5.41, 5.74) is 0.978. The van der Waals surface area contributed by atoms with Crippen molar-refractivity contribution >= 4 is 38.8 Å². The van der Waals surface area contributed by atoms with Crippen LogP contribution >= 0.6 is 11.3 Å². The Morgan fingerprint density at radius 3 is 2.37 bits per heavy atom. The van der Waals surface area contributed by atoms with Gasteiger partial charge in [-0.25, -0.2) is 4.79 Å². The summed E-state index contributed by atoms with van der Waals surface area (Å²) in [5.74, 6) is 0.364. The lowest BCUT2D eigenvalue weighted by Crippen LogP contribution is -2.50. The molecular weight excluding hydrogens is 470 g/mol. The van der Waals surface area contributed by atoms with Crippen LogP contribution in [0.3, 0.4) is 0 Å². The fraction of sp³-hybridized carbons (Fsp3) is 0.458. The number of hydrogen-bond acceptors (Lipinski definition) is 7. The van der Waals surface area contributed by atoms with E-state index < -0.39 is 4.92 Å². The number of carbonyl (C=O) groups is 1. The highest BCUT2D eigenvalue weighted by Crippen LogP contribution is 2.31. The lowest BCUT2D eigenvalue weighted by Gasteiger charge is -2.38. The van der Waals surface area contributed by atoms with Crippen LogP contribution in [-0.2, 0) is 11.3 Å². The Bertz CT molecular complexity index is 1350. The lowest BCUT2D eigenvalue weighted by atomic mass is 9.81. The van der Waals surface area contributed by atoms with Crippen molar-refractivity contribution in [3.05, 3.63) is 66.7 Å². The molecule has 2 fully saturated rings. The highest BCUT2D eigenvalue weighted by Gasteiger charge is 2.31.